The van der Waals surface area contributed by atoms with Crippen LogP contribution in [0.5, 0.6) is 0 Å². The lowest BCUT2D eigenvalue weighted by Crippen LogP contribution is -2.36. The van der Waals surface area contributed by atoms with E-state index in [1.54, 1.807) is 0 Å². The number of piperidine rings is 1. The Labute approximate surface area is 142 Å². The highest BCUT2D eigenvalue weighted by Gasteiger charge is 2.27. The molecule has 130 valence electrons. The summed E-state index contributed by atoms with van der Waals surface area (Å²) in [6.45, 7) is 6.02. The predicted molar refractivity (Wildman–Crippen MR) is 91.9 cm³/mol. The number of rotatable bonds is 5. The second-order valence-electron chi connectivity index (χ2n) is 6.32. The Morgan fingerprint density at radius 2 is 2.04 bits per heavy atom. The molecule has 0 unspecified atom stereocenters. The third kappa shape index (κ3) is 3.26. The van der Waals surface area contributed by atoms with Crippen molar-refractivity contribution >= 4 is 5.82 Å². The molecule has 1 saturated heterocycles. The Bertz CT molecular complexity index is 676. The molecule has 7 nitrogen and oxygen atoms in total. The molecule has 0 aliphatic carbocycles. The van der Waals surface area contributed by atoms with Crippen LogP contribution >= 0.6 is 0 Å². The molecule has 0 saturated carbocycles. The summed E-state index contributed by atoms with van der Waals surface area (Å²) in [6, 6.07) is 2.11. The van der Waals surface area contributed by atoms with E-state index in [9.17, 15) is 5.11 Å². The van der Waals surface area contributed by atoms with Gasteiger partial charge in [0.15, 0.2) is 5.82 Å². The van der Waals surface area contributed by atoms with Gasteiger partial charge in [0.25, 0.3) is 0 Å². The van der Waals surface area contributed by atoms with Crippen molar-refractivity contribution in [1.29, 1.82) is 0 Å². The molecule has 3 heterocycles. The predicted octanol–water partition coefficient (Wildman–Crippen LogP) is 1.61. The lowest BCUT2D eigenvalue weighted by molar-refractivity contribution is 0.266. The van der Waals surface area contributed by atoms with Crippen LogP contribution in [0.25, 0.3) is 0 Å². The molecule has 0 radical (unpaired) electrons. The van der Waals surface area contributed by atoms with Crippen LogP contribution in [0.2, 0.25) is 0 Å². The van der Waals surface area contributed by atoms with Crippen molar-refractivity contribution in [2.45, 2.75) is 52.1 Å². The molecule has 7 heteroatoms. The molecular weight excluding hydrogens is 304 g/mol. The number of hydrogen-bond acceptors (Lipinski definition) is 6. The monoisotopic (exact) mass is 330 g/mol. The van der Waals surface area contributed by atoms with Gasteiger partial charge in [0.05, 0.1) is 0 Å². The molecule has 1 N–H and O–H groups in total. The highest BCUT2D eigenvalue weighted by Crippen LogP contribution is 2.28. The number of hydrogen-bond donors (Lipinski definition) is 1. The highest BCUT2D eigenvalue weighted by molar-refractivity contribution is 5.41. The van der Waals surface area contributed by atoms with E-state index >= 15 is 0 Å². The van der Waals surface area contributed by atoms with Crippen molar-refractivity contribution < 1.29 is 5.11 Å². The van der Waals surface area contributed by atoms with E-state index in [4.69, 9.17) is 4.98 Å². The molecule has 1 fully saturated rings. The first kappa shape index (κ1) is 16.8. The van der Waals surface area contributed by atoms with Crippen molar-refractivity contribution in [3.8, 4) is 0 Å². The number of aromatic nitrogens is 5. The maximum atomic E-state index is 9.32. The fourth-order valence-electron chi connectivity index (χ4n) is 3.30. The van der Waals surface area contributed by atoms with Gasteiger partial charge >= 0.3 is 0 Å². The highest BCUT2D eigenvalue weighted by atomic mass is 16.3. The lowest BCUT2D eigenvalue weighted by atomic mass is 9.97. The maximum absolute atomic E-state index is 9.32. The first-order valence-corrected chi connectivity index (χ1v) is 8.77. The molecule has 1 aliphatic heterocycles. The van der Waals surface area contributed by atoms with Gasteiger partial charge in [-0.2, -0.15) is 0 Å². The quantitative estimate of drug-likeness (QED) is 0.897. The van der Waals surface area contributed by atoms with Gasteiger partial charge in [-0.15, -0.1) is 10.2 Å². The van der Waals surface area contributed by atoms with Crippen LogP contribution in [-0.4, -0.2) is 42.9 Å². The SMILES string of the molecule is CCc1cc(N2CCC[C@H](c3nnc(CO)n3C)C2)nc(CC)n1. The van der Waals surface area contributed by atoms with Gasteiger partial charge in [-0.25, -0.2) is 9.97 Å². The average molecular weight is 330 g/mol. The minimum Gasteiger partial charge on any atom is -0.388 e. The third-order valence-electron chi connectivity index (χ3n) is 4.74. The fraction of sp³-hybridized carbons (Fsp3) is 0.647. The van der Waals surface area contributed by atoms with Crippen LogP contribution in [0.1, 0.15) is 55.8 Å². The maximum Gasteiger partial charge on any atom is 0.158 e. The number of aliphatic hydroxyl groups excluding tert-OH is 1. The topological polar surface area (TPSA) is 80.0 Å². The summed E-state index contributed by atoms with van der Waals surface area (Å²) in [5, 5.41) is 17.7. The van der Waals surface area contributed by atoms with E-state index in [1.807, 2.05) is 11.6 Å². The van der Waals surface area contributed by atoms with Crippen LogP contribution in [0.4, 0.5) is 5.82 Å². The first-order valence-electron chi connectivity index (χ1n) is 8.77. The Morgan fingerprint density at radius 1 is 1.21 bits per heavy atom. The summed E-state index contributed by atoms with van der Waals surface area (Å²) in [6.07, 6.45) is 3.95. The van der Waals surface area contributed by atoms with Gasteiger partial charge in [0.2, 0.25) is 0 Å². The van der Waals surface area contributed by atoms with Gasteiger partial charge in [-0.1, -0.05) is 13.8 Å². The normalized spacial score (nSPS) is 18.2. The molecule has 3 rings (SSSR count). The van der Waals surface area contributed by atoms with Crippen molar-refractivity contribution in [3.05, 3.63) is 29.2 Å². The zero-order chi connectivity index (χ0) is 17.1. The average Bonchev–Trinajstić information content (AvgIpc) is 3.01. The number of anilines is 1. The van der Waals surface area contributed by atoms with E-state index < -0.39 is 0 Å². The second kappa shape index (κ2) is 7.25. The summed E-state index contributed by atoms with van der Waals surface area (Å²) in [4.78, 5) is 11.6. The summed E-state index contributed by atoms with van der Waals surface area (Å²) >= 11 is 0. The Hall–Kier alpha value is -2.02. The molecule has 0 aromatic carbocycles. The molecule has 2 aromatic rings. The summed E-state index contributed by atoms with van der Waals surface area (Å²) in [5.41, 5.74) is 1.10. The lowest BCUT2D eigenvalue weighted by Gasteiger charge is -2.33. The number of aliphatic hydroxyl groups is 1. The van der Waals surface area contributed by atoms with E-state index in [2.05, 4.69) is 40.0 Å². The zero-order valence-corrected chi connectivity index (χ0v) is 14.7. The van der Waals surface area contributed by atoms with E-state index in [-0.39, 0.29) is 6.61 Å². The Morgan fingerprint density at radius 3 is 2.71 bits per heavy atom. The molecule has 1 aliphatic rings. The van der Waals surface area contributed by atoms with Gasteiger partial charge < -0.3 is 14.6 Å². The van der Waals surface area contributed by atoms with E-state index in [0.717, 1.165) is 61.9 Å². The molecule has 0 spiro atoms. The van der Waals surface area contributed by atoms with Gasteiger partial charge in [-0.3, -0.25) is 0 Å². The largest absolute Gasteiger partial charge is 0.388 e. The van der Waals surface area contributed by atoms with Crippen LogP contribution in [0, 0.1) is 0 Å². The molecular formula is C17H26N6O. The minimum absolute atomic E-state index is 0.0778. The second-order valence-corrected chi connectivity index (χ2v) is 6.32. The molecule has 0 amide bonds. The third-order valence-corrected chi connectivity index (χ3v) is 4.74. The first-order chi connectivity index (χ1) is 11.7. The van der Waals surface area contributed by atoms with E-state index in [0.29, 0.717) is 11.7 Å². The van der Waals surface area contributed by atoms with Gasteiger partial charge in [-0.05, 0) is 19.3 Å². The summed E-state index contributed by atoms with van der Waals surface area (Å²) in [7, 11) is 1.93. The number of aryl methyl sites for hydroxylation is 2. The standard InChI is InChI=1S/C17H26N6O/c1-4-13-9-15(19-14(5-2)18-13)23-8-6-7-12(10-23)17-21-20-16(11-24)22(17)3/h9,12,24H,4-8,10-11H2,1-3H3/t12-/m0/s1. The van der Waals surface area contributed by atoms with Gasteiger partial charge in [0.1, 0.15) is 24.1 Å². The molecule has 0 bridgehead atoms. The van der Waals surface area contributed by atoms with Crippen LogP contribution < -0.4 is 4.90 Å². The number of nitrogens with zero attached hydrogens (tertiary/aromatic N) is 6. The minimum atomic E-state index is -0.0778. The molecule has 2 aromatic heterocycles. The van der Waals surface area contributed by atoms with Crippen LogP contribution in [0.15, 0.2) is 6.07 Å². The summed E-state index contributed by atoms with van der Waals surface area (Å²) < 4.78 is 1.92. The molecule has 1 atom stereocenters. The van der Waals surface area contributed by atoms with Gasteiger partial charge in [0, 0.05) is 44.2 Å². The van der Waals surface area contributed by atoms with Crippen molar-refractivity contribution in [2.24, 2.45) is 7.05 Å². The Balaban J connectivity index is 1.84. The molecule has 24 heavy (non-hydrogen) atoms. The van der Waals surface area contributed by atoms with Crippen molar-refractivity contribution in [1.82, 2.24) is 24.7 Å². The fourth-order valence-corrected chi connectivity index (χ4v) is 3.30. The zero-order valence-electron chi connectivity index (χ0n) is 14.7. The van der Waals surface area contributed by atoms with E-state index in [1.165, 1.54) is 0 Å². The smallest absolute Gasteiger partial charge is 0.158 e. The van der Waals surface area contributed by atoms with Crippen molar-refractivity contribution in [2.75, 3.05) is 18.0 Å². The summed E-state index contributed by atoms with van der Waals surface area (Å²) in [5.74, 6) is 3.80. The van der Waals surface area contributed by atoms with Crippen LogP contribution in [0.3, 0.4) is 0 Å². The Kier molecular flexibility index (Phi) is 5.08. The van der Waals surface area contributed by atoms with Crippen LogP contribution in [-0.2, 0) is 26.5 Å². The van der Waals surface area contributed by atoms with Crippen molar-refractivity contribution in [3.63, 3.8) is 0 Å².